The van der Waals surface area contributed by atoms with Gasteiger partial charge >= 0.3 is 0 Å². The summed E-state index contributed by atoms with van der Waals surface area (Å²) in [5.41, 5.74) is -0.866. The molecule has 8 heteroatoms. The molecule has 234 valence electrons. The highest BCUT2D eigenvalue weighted by Crippen LogP contribution is 2.66. The van der Waals surface area contributed by atoms with E-state index in [1.165, 1.54) is 4.90 Å². The van der Waals surface area contributed by atoms with Crippen LogP contribution in [0.2, 0.25) is 0 Å². The van der Waals surface area contributed by atoms with E-state index in [1.54, 1.807) is 28.9 Å². The lowest BCUT2D eigenvalue weighted by Gasteiger charge is -2.39. The second-order valence-electron chi connectivity index (χ2n) is 12.8. The van der Waals surface area contributed by atoms with Crippen molar-refractivity contribution < 1.29 is 24.2 Å². The van der Waals surface area contributed by atoms with Gasteiger partial charge in [-0.2, -0.15) is 0 Å². The number of likely N-dealkylation sites (tertiary alicyclic amines) is 1. The smallest absolute Gasteiger partial charge is 0.253 e. The van der Waals surface area contributed by atoms with Crippen LogP contribution in [0.5, 0.6) is 0 Å². The second-order valence-corrected chi connectivity index (χ2v) is 12.8. The molecule has 3 heterocycles. The van der Waals surface area contributed by atoms with Crippen molar-refractivity contribution in [1.29, 1.82) is 0 Å². The molecule has 6 rings (SSSR count). The predicted octanol–water partition coefficient (Wildman–Crippen LogP) is 4.97. The number of amides is 3. The van der Waals surface area contributed by atoms with E-state index in [0.29, 0.717) is 17.8 Å². The summed E-state index contributed by atoms with van der Waals surface area (Å²) >= 11 is 0. The molecule has 1 spiro atoms. The summed E-state index contributed by atoms with van der Waals surface area (Å²) in [5, 5.41) is 12.4. The van der Waals surface area contributed by atoms with E-state index in [1.807, 2.05) is 86.6 Å². The van der Waals surface area contributed by atoms with Crippen LogP contribution in [0, 0.1) is 17.8 Å². The summed E-state index contributed by atoms with van der Waals surface area (Å²) in [7, 11) is 0. The van der Waals surface area contributed by atoms with Crippen LogP contribution in [-0.4, -0.2) is 70.7 Å². The number of carbonyl (C=O) groups is 3. The summed E-state index contributed by atoms with van der Waals surface area (Å²) < 4.78 is 6.95. The number of nitrogens with zero attached hydrogens (tertiary/aromatic N) is 3. The Morgan fingerprint density at radius 1 is 0.978 bits per heavy atom. The van der Waals surface area contributed by atoms with Gasteiger partial charge in [-0.25, -0.2) is 0 Å². The quantitative estimate of drug-likeness (QED) is 0.329. The summed E-state index contributed by atoms with van der Waals surface area (Å²) in [6.07, 6.45) is 3.76. The summed E-state index contributed by atoms with van der Waals surface area (Å²) in [5.74, 6) is -2.76. The Labute approximate surface area is 264 Å². The second kappa shape index (κ2) is 11.6. The standard InChI is InChI=1S/C37H41N3O5/c1-6-19-38(28-15-9-8-10-16-28)33(42)30-31-34(43)40(25(4)23-41)32(37(31)22-24(3)36(30,5)45-37)35(44)39(20-7-2)29-18-17-26-13-11-12-14-27(26)21-29/h6-18,21,24-25,30-32,41H,1-2,19-20,22-23H2,3-5H3/t24?,25-,30-,31+,32?,36+,37?/m1/s1. The van der Waals surface area contributed by atoms with Gasteiger partial charge in [0, 0.05) is 24.5 Å². The van der Waals surface area contributed by atoms with Crippen molar-refractivity contribution >= 4 is 39.9 Å². The molecule has 3 unspecified atom stereocenters. The maximum atomic E-state index is 14.9. The van der Waals surface area contributed by atoms with Gasteiger partial charge in [0.15, 0.2) is 0 Å². The van der Waals surface area contributed by atoms with Gasteiger partial charge in [-0.3, -0.25) is 14.4 Å². The number of aliphatic hydroxyl groups is 1. The number of hydrogen-bond donors (Lipinski definition) is 1. The van der Waals surface area contributed by atoms with E-state index in [4.69, 9.17) is 4.74 Å². The third-order valence-corrected chi connectivity index (χ3v) is 10.3. The molecule has 3 aliphatic heterocycles. The van der Waals surface area contributed by atoms with Crippen LogP contribution < -0.4 is 9.80 Å². The molecule has 0 saturated carbocycles. The highest BCUT2D eigenvalue weighted by atomic mass is 16.5. The molecule has 3 aliphatic rings. The topological polar surface area (TPSA) is 90.4 Å². The number of rotatable bonds is 10. The average molecular weight is 608 g/mol. The lowest BCUT2D eigenvalue weighted by molar-refractivity contribution is -0.148. The Bertz CT molecular complexity index is 1660. The third kappa shape index (κ3) is 4.61. The van der Waals surface area contributed by atoms with E-state index >= 15 is 0 Å². The molecule has 2 bridgehead atoms. The van der Waals surface area contributed by atoms with Gasteiger partial charge in [-0.15, -0.1) is 13.2 Å². The first-order chi connectivity index (χ1) is 21.6. The maximum Gasteiger partial charge on any atom is 0.253 e. The fraction of sp³-hybridized carbons (Fsp3) is 0.378. The Hall–Kier alpha value is -4.27. The number of benzene rings is 3. The van der Waals surface area contributed by atoms with Crippen molar-refractivity contribution in [2.45, 2.75) is 50.5 Å². The zero-order valence-electron chi connectivity index (χ0n) is 26.1. The lowest BCUT2D eigenvalue weighted by Crippen LogP contribution is -2.58. The van der Waals surface area contributed by atoms with E-state index < -0.39 is 35.1 Å². The molecule has 7 atom stereocenters. The molecular formula is C37H41N3O5. The fourth-order valence-electron chi connectivity index (χ4n) is 8.07. The number of hydrogen-bond acceptors (Lipinski definition) is 5. The van der Waals surface area contributed by atoms with Gasteiger partial charge in [0.1, 0.15) is 11.6 Å². The molecular weight excluding hydrogens is 566 g/mol. The minimum Gasteiger partial charge on any atom is -0.394 e. The molecule has 1 N–H and O–H groups in total. The minimum absolute atomic E-state index is 0.120. The van der Waals surface area contributed by atoms with Crippen molar-refractivity contribution in [3.05, 3.63) is 98.1 Å². The van der Waals surface area contributed by atoms with Gasteiger partial charge in [0.2, 0.25) is 11.8 Å². The zero-order valence-corrected chi connectivity index (χ0v) is 26.1. The first kappa shape index (κ1) is 30.7. The Kier molecular flexibility index (Phi) is 7.91. The maximum absolute atomic E-state index is 14.9. The number of fused-ring (bicyclic) bond motifs is 2. The number of anilines is 2. The monoisotopic (exact) mass is 607 g/mol. The molecule has 3 fully saturated rings. The van der Waals surface area contributed by atoms with Crippen molar-refractivity contribution in [1.82, 2.24) is 4.90 Å². The zero-order chi connectivity index (χ0) is 32.1. The number of aliphatic hydroxyl groups excluding tert-OH is 1. The molecule has 0 aromatic heterocycles. The predicted molar refractivity (Wildman–Crippen MR) is 176 cm³/mol. The van der Waals surface area contributed by atoms with Crippen LogP contribution in [0.25, 0.3) is 10.8 Å². The summed E-state index contributed by atoms with van der Waals surface area (Å²) in [6, 6.07) is 21.3. The van der Waals surface area contributed by atoms with Gasteiger partial charge in [0.05, 0.1) is 30.1 Å². The van der Waals surface area contributed by atoms with Crippen LogP contribution in [0.15, 0.2) is 98.1 Å². The third-order valence-electron chi connectivity index (χ3n) is 10.3. The molecule has 8 nitrogen and oxygen atoms in total. The average Bonchev–Trinajstić information content (AvgIpc) is 3.57. The van der Waals surface area contributed by atoms with E-state index in [9.17, 15) is 19.5 Å². The number of carbonyl (C=O) groups excluding carboxylic acids is 3. The van der Waals surface area contributed by atoms with Crippen molar-refractivity contribution in [3.63, 3.8) is 0 Å². The van der Waals surface area contributed by atoms with Crippen LogP contribution >= 0.6 is 0 Å². The molecule has 0 radical (unpaired) electrons. The molecule has 3 aromatic carbocycles. The minimum atomic E-state index is -1.25. The first-order valence-electron chi connectivity index (χ1n) is 15.6. The van der Waals surface area contributed by atoms with E-state index in [-0.39, 0.29) is 43.3 Å². The number of ether oxygens (including phenoxy) is 1. The van der Waals surface area contributed by atoms with Crippen LogP contribution in [0.1, 0.15) is 27.2 Å². The normalized spacial score (nSPS) is 29.0. The van der Waals surface area contributed by atoms with Crippen molar-refractivity contribution in [2.24, 2.45) is 17.8 Å². The molecule has 0 aliphatic carbocycles. The van der Waals surface area contributed by atoms with Crippen LogP contribution in [0.3, 0.4) is 0 Å². The fourth-order valence-corrected chi connectivity index (χ4v) is 8.07. The molecule has 3 amide bonds. The lowest BCUT2D eigenvalue weighted by atomic mass is 9.62. The van der Waals surface area contributed by atoms with E-state index in [2.05, 4.69) is 13.2 Å². The Morgan fingerprint density at radius 2 is 1.60 bits per heavy atom. The van der Waals surface area contributed by atoms with Crippen LogP contribution in [-0.2, 0) is 19.1 Å². The van der Waals surface area contributed by atoms with Gasteiger partial charge in [-0.1, -0.05) is 67.6 Å². The van der Waals surface area contributed by atoms with Crippen molar-refractivity contribution in [2.75, 3.05) is 29.5 Å². The van der Waals surface area contributed by atoms with Crippen LogP contribution in [0.4, 0.5) is 11.4 Å². The van der Waals surface area contributed by atoms with Gasteiger partial charge in [-0.05, 0) is 61.2 Å². The number of para-hydroxylation sites is 1. The van der Waals surface area contributed by atoms with E-state index in [0.717, 1.165) is 10.8 Å². The Morgan fingerprint density at radius 3 is 2.24 bits per heavy atom. The SMILES string of the molecule is C=CCN(C(=O)C1N([C@H](C)CO)C(=O)[C@@H]2[C@H](C(=O)N(CC=C)c3ccccc3)[C@@]3(C)OC12CC3C)c1ccc2ccccc2c1. The summed E-state index contributed by atoms with van der Waals surface area (Å²) in [6.45, 7) is 13.6. The molecule has 3 aromatic rings. The largest absolute Gasteiger partial charge is 0.394 e. The highest BCUT2D eigenvalue weighted by Gasteiger charge is 2.80. The summed E-state index contributed by atoms with van der Waals surface area (Å²) in [4.78, 5) is 49.0. The van der Waals surface area contributed by atoms with Gasteiger partial charge < -0.3 is 24.5 Å². The van der Waals surface area contributed by atoms with Gasteiger partial charge in [0.25, 0.3) is 5.91 Å². The Balaban J connectivity index is 1.47. The van der Waals surface area contributed by atoms with Crippen molar-refractivity contribution in [3.8, 4) is 0 Å². The molecule has 3 saturated heterocycles. The molecule has 45 heavy (non-hydrogen) atoms. The first-order valence-corrected chi connectivity index (χ1v) is 15.6. The highest BCUT2D eigenvalue weighted by molar-refractivity contribution is 6.07.